The van der Waals surface area contributed by atoms with E-state index < -0.39 is 0 Å². The third-order valence-electron chi connectivity index (χ3n) is 2.88. The molecule has 0 aliphatic heterocycles. The highest BCUT2D eigenvalue weighted by molar-refractivity contribution is 4.95. The Balaban J connectivity index is 1.70. The van der Waals surface area contributed by atoms with E-state index in [-0.39, 0.29) is 0 Å². The van der Waals surface area contributed by atoms with Gasteiger partial charge in [0.1, 0.15) is 0 Å². The Labute approximate surface area is 111 Å². The second-order valence-electron chi connectivity index (χ2n) is 4.42. The van der Waals surface area contributed by atoms with Gasteiger partial charge in [-0.2, -0.15) is 5.10 Å². The molecule has 1 radical (unpaired) electrons. The van der Waals surface area contributed by atoms with E-state index in [0.29, 0.717) is 0 Å². The maximum absolute atomic E-state index is 4.26. The predicted molar refractivity (Wildman–Crippen MR) is 69.9 cm³/mol. The fourth-order valence-corrected chi connectivity index (χ4v) is 2.05. The van der Waals surface area contributed by atoms with Crippen molar-refractivity contribution in [2.45, 2.75) is 19.6 Å². The molecule has 19 heavy (non-hydrogen) atoms. The summed E-state index contributed by atoms with van der Waals surface area (Å²) in [6.07, 6.45) is 15.0. The summed E-state index contributed by atoms with van der Waals surface area (Å²) >= 11 is 0. The highest BCUT2D eigenvalue weighted by Gasteiger charge is 2.12. The van der Waals surface area contributed by atoms with Crippen LogP contribution in [0.15, 0.2) is 55.9 Å². The van der Waals surface area contributed by atoms with Crippen molar-refractivity contribution in [2.24, 2.45) is 0 Å². The molecule has 3 aromatic rings. The highest BCUT2D eigenvalue weighted by Crippen LogP contribution is 2.11. The molecule has 0 unspecified atom stereocenters. The molecule has 0 N–H and O–H groups in total. The van der Waals surface area contributed by atoms with E-state index in [1.807, 2.05) is 42.0 Å². The van der Waals surface area contributed by atoms with E-state index >= 15 is 0 Å². The van der Waals surface area contributed by atoms with Crippen molar-refractivity contribution in [3.05, 3.63) is 61.8 Å². The van der Waals surface area contributed by atoms with E-state index in [9.17, 15) is 0 Å². The van der Waals surface area contributed by atoms with Gasteiger partial charge in [-0.25, -0.2) is 9.97 Å². The van der Waals surface area contributed by atoms with Gasteiger partial charge in [0.2, 0.25) is 0 Å². The first-order valence-corrected chi connectivity index (χ1v) is 6.12. The maximum atomic E-state index is 4.26. The second-order valence-corrected chi connectivity index (χ2v) is 4.42. The summed E-state index contributed by atoms with van der Waals surface area (Å²) in [4.78, 5) is 8.15. The molecule has 3 rings (SSSR count). The smallest absolute Gasteiger partial charge is 0.0946 e. The third-order valence-corrected chi connectivity index (χ3v) is 2.88. The number of aromatic nitrogens is 6. The zero-order valence-electron chi connectivity index (χ0n) is 10.5. The normalized spacial score (nSPS) is 11.2. The number of nitrogens with zero attached hydrogens (tertiary/aromatic N) is 6. The lowest BCUT2D eigenvalue weighted by molar-refractivity contribution is 0.501. The first kappa shape index (κ1) is 11.7. The van der Waals surface area contributed by atoms with Crippen molar-refractivity contribution in [1.29, 1.82) is 0 Å². The minimum absolute atomic E-state index is 0.795. The van der Waals surface area contributed by atoms with Crippen molar-refractivity contribution < 1.29 is 0 Å². The number of rotatable bonds is 6. The van der Waals surface area contributed by atoms with Gasteiger partial charge < -0.3 is 9.13 Å². The van der Waals surface area contributed by atoms with Crippen LogP contribution in [0.5, 0.6) is 0 Å². The molecular formula is C13H15N6. The molecule has 0 fully saturated rings. The van der Waals surface area contributed by atoms with Gasteiger partial charge in [0.25, 0.3) is 0 Å². The van der Waals surface area contributed by atoms with Crippen LogP contribution in [0.2, 0.25) is 0 Å². The zero-order valence-corrected chi connectivity index (χ0v) is 10.5. The molecule has 0 atom stereocenters. The van der Waals surface area contributed by atoms with Crippen molar-refractivity contribution in [2.75, 3.05) is 0 Å². The number of imidazole rings is 2. The fraction of sp³-hybridized carbons (Fsp3) is 0.231. The Kier molecular flexibility index (Phi) is 3.40. The highest BCUT2D eigenvalue weighted by atomic mass is 15.3. The average molecular weight is 255 g/mol. The van der Waals surface area contributed by atoms with Gasteiger partial charge in [-0.05, 0) is 6.07 Å². The molecule has 0 aromatic carbocycles. The molecule has 97 valence electrons. The zero-order chi connectivity index (χ0) is 12.9. The summed E-state index contributed by atoms with van der Waals surface area (Å²) in [5.74, 6) is 1.33. The molecule has 3 heterocycles. The van der Waals surface area contributed by atoms with Crippen LogP contribution in [0.4, 0.5) is 0 Å². The Bertz CT molecular complexity index is 481. The van der Waals surface area contributed by atoms with E-state index in [1.54, 1.807) is 18.6 Å². The quantitative estimate of drug-likeness (QED) is 0.666. The molecule has 6 nitrogen and oxygen atoms in total. The van der Waals surface area contributed by atoms with E-state index in [4.69, 9.17) is 0 Å². The molecule has 3 aromatic heterocycles. The molecular weight excluding hydrogens is 240 g/mol. The summed E-state index contributed by atoms with van der Waals surface area (Å²) < 4.78 is 6.06. The topological polar surface area (TPSA) is 53.5 Å². The molecule has 0 saturated heterocycles. The van der Waals surface area contributed by atoms with Crippen LogP contribution in [0.3, 0.4) is 0 Å². The SMILES string of the molecule is c1cnn(C[C](Cn2ccnc2)Cn2ccnc2)c1. The van der Waals surface area contributed by atoms with Crippen LogP contribution < -0.4 is 0 Å². The van der Waals surface area contributed by atoms with E-state index in [1.165, 1.54) is 5.92 Å². The summed E-state index contributed by atoms with van der Waals surface area (Å²) in [5.41, 5.74) is 0. The van der Waals surface area contributed by atoms with Crippen LogP contribution in [0.25, 0.3) is 0 Å². The van der Waals surface area contributed by atoms with Gasteiger partial charge in [0.15, 0.2) is 0 Å². The van der Waals surface area contributed by atoms with Crippen LogP contribution in [0, 0.1) is 5.92 Å². The average Bonchev–Trinajstić information content (AvgIpc) is 3.10. The molecule has 0 saturated carbocycles. The predicted octanol–water partition coefficient (Wildman–Crippen LogP) is 1.25. The lowest BCUT2D eigenvalue weighted by Crippen LogP contribution is -2.19. The standard InChI is InChI=1S/C13H15N6/c1-2-16-19(5-1)10-13(8-17-6-3-14-11-17)9-18-7-4-15-12-18/h1-7,11-12H,8-10H2. The monoisotopic (exact) mass is 255 g/mol. The Morgan fingerprint density at radius 1 is 0.789 bits per heavy atom. The first-order chi connectivity index (χ1) is 9.40. The minimum atomic E-state index is 0.795. The molecule has 0 amide bonds. The Morgan fingerprint density at radius 2 is 1.47 bits per heavy atom. The minimum Gasteiger partial charge on any atom is -0.337 e. The summed E-state index contributed by atoms with van der Waals surface area (Å²) in [7, 11) is 0. The van der Waals surface area contributed by atoms with Gasteiger partial charge >= 0.3 is 0 Å². The Hall–Kier alpha value is -2.37. The number of hydrogen-bond acceptors (Lipinski definition) is 3. The maximum Gasteiger partial charge on any atom is 0.0946 e. The molecule has 6 heteroatoms. The molecule has 0 bridgehead atoms. The van der Waals surface area contributed by atoms with Gasteiger partial charge in [0, 0.05) is 56.2 Å². The Morgan fingerprint density at radius 3 is 1.95 bits per heavy atom. The molecule has 0 spiro atoms. The lowest BCUT2D eigenvalue weighted by atomic mass is 10.1. The van der Waals surface area contributed by atoms with Gasteiger partial charge in [-0.3, -0.25) is 4.68 Å². The van der Waals surface area contributed by atoms with Crippen molar-refractivity contribution in [3.63, 3.8) is 0 Å². The first-order valence-electron chi connectivity index (χ1n) is 6.12. The summed E-state index contributed by atoms with van der Waals surface area (Å²) in [5, 5.41) is 4.26. The van der Waals surface area contributed by atoms with Crippen LogP contribution in [-0.2, 0) is 19.6 Å². The summed E-state index contributed by atoms with van der Waals surface area (Å²) in [6.45, 7) is 2.46. The molecule has 0 aliphatic rings. The molecule has 0 aliphatic carbocycles. The van der Waals surface area contributed by atoms with Gasteiger partial charge in [-0.1, -0.05) is 0 Å². The van der Waals surface area contributed by atoms with Crippen molar-refractivity contribution in [1.82, 2.24) is 28.9 Å². The fourth-order valence-electron chi connectivity index (χ4n) is 2.05. The van der Waals surface area contributed by atoms with Gasteiger partial charge in [-0.15, -0.1) is 0 Å². The number of hydrogen-bond donors (Lipinski definition) is 0. The van der Waals surface area contributed by atoms with Crippen LogP contribution in [-0.4, -0.2) is 28.9 Å². The van der Waals surface area contributed by atoms with E-state index in [2.05, 4.69) is 24.2 Å². The van der Waals surface area contributed by atoms with Gasteiger partial charge in [0.05, 0.1) is 19.2 Å². The largest absolute Gasteiger partial charge is 0.337 e. The van der Waals surface area contributed by atoms with E-state index in [0.717, 1.165) is 19.6 Å². The van der Waals surface area contributed by atoms with Crippen LogP contribution in [0.1, 0.15) is 0 Å². The van der Waals surface area contributed by atoms with Crippen molar-refractivity contribution >= 4 is 0 Å². The lowest BCUT2D eigenvalue weighted by Gasteiger charge is -2.17. The summed E-state index contributed by atoms with van der Waals surface area (Å²) in [6, 6.07) is 1.94. The third kappa shape index (κ3) is 3.09. The second kappa shape index (κ2) is 5.51. The van der Waals surface area contributed by atoms with Crippen molar-refractivity contribution in [3.8, 4) is 0 Å². The van der Waals surface area contributed by atoms with Crippen LogP contribution >= 0.6 is 0 Å².